The molecular weight excluding hydrogens is 214 g/mol. The van der Waals surface area contributed by atoms with Crippen molar-refractivity contribution in [2.24, 2.45) is 0 Å². The number of carbonyl (C=O) groups is 1. The normalized spacial score (nSPS) is 10.6. The van der Waals surface area contributed by atoms with Crippen molar-refractivity contribution in [3.8, 4) is 5.95 Å². The first-order valence-electron chi connectivity index (χ1n) is 5.23. The Morgan fingerprint density at radius 1 is 1.06 bits per heavy atom. The van der Waals surface area contributed by atoms with Gasteiger partial charge in [-0.3, -0.25) is 9.36 Å². The summed E-state index contributed by atoms with van der Waals surface area (Å²) in [7, 11) is 0. The predicted molar refractivity (Wildman–Crippen MR) is 64.3 cm³/mol. The molecule has 2 aromatic heterocycles. The summed E-state index contributed by atoms with van der Waals surface area (Å²) in [5.74, 6) is 0.566. The maximum atomic E-state index is 11.0. The summed E-state index contributed by atoms with van der Waals surface area (Å²) < 4.78 is 1.82. The highest BCUT2D eigenvalue weighted by Gasteiger charge is 2.09. The fraction of sp³-hybridized carbons (Fsp3) is 0. The van der Waals surface area contributed by atoms with Gasteiger partial charge in [0.2, 0.25) is 5.95 Å². The van der Waals surface area contributed by atoms with Crippen LogP contribution in [-0.4, -0.2) is 20.8 Å². The second-order valence-electron chi connectivity index (χ2n) is 3.64. The van der Waals surface area contributed by atoms with Crippen LogP contribution in [0.1, 0.15) is 10.4 Å². The Labute approximate surface area is 97.6 Å². The van der Waals surface area contributed by atoms with Crippen molar-refractivity contribution in [1.82, 2.24) is 14.5 Å². The number of hydrogen-bond acceptors (Lipinski definition) is 3. The summed E-state index contributed by atoms with van der Waals surface area (Å²) in [4.78, 5) is 19.4. The molecule has 0 N–H and O–H groups in total. The zero-order valence-electron chi connectivity index (χ0n) is 8.95. The van der Waals surface area contributed by atoms with E-state index in [-0.39, 0.29) is 0 Å². The van der Waals surface area contributed by atoms with Crippen molar-refractivity contribution in [2.75, 3.05) is 0 Å². The Kier molecular flexibility index (Phi) is 2.19. The van der Waals surface area contributed by atoms with E-state index in [1.54, 1.807) is 24.7 Å². The molecule has 0 aliphatic rings. The lowest BCUT2D eigenvalue weighted by molar-refractivity contribution is 0.112. The molecule has 0 fully saturated rings. The molecule has 2 heterocycles. The Morgan fingerprint density at radius 2 is 1.82 bits per heavy atom. The Morgan fingerprint density at radius 3 is 2.59 bits per heavy atom. The number of carbonyl (C=O) groups excluding carboxylic acids is 1. The van der Waals surface area contributed by atoms with Gasteiger partial charge in [-0.1, -0.05) is 18.2 Å². The maximum Gasteiger partial charge on any atom is 0.234 e. The number of hydrogen-bond donors (Lipinski definition) is 0. The molecule has 3 aromatic rings. The Balaban J connectivity index is 2.34. The van der Waals surface area contributed by atoms with Gasteiger partial charge in [0, 0.05) is 29.5 Å². The van der Waals surface area contributed by atoms with E-state index in [2.05, 4.69) is 9.97 Å². The van der Waals surface area contributed by atoms with Crippen LogP contribution in [0, 0.1) is 0 Å². The van der Waals surface area contributed by atoms with Crippen LogP contribution in [0.15, 0.2) is 48.9 Å². The molecule has 0 radical (unpaired) electrons. The molecule has 0 aliphatic carbocycles. The molecule has 0 amide bonds. The molecule has 0 aliphatic heterocycles. The van der Waals surface area contributed by atoms with E-state index in [9.17, 15) is 4.79 Å². The SMILES string of the molecule is O=Cc1cn(-c2ncccn2)c2ccccc12. The summed E-state index contributed by atoms with van der Waals surface area (Å²) in [5, 5.41) is 0.912. The number of fused-ring (bicyclic) bond motifs is 1. The molecule has 4 nitrogen and oxygen atoms in total. The van der Waals surface area contributed by atoms with Crippen molar-refractivity contribution < 1.29 is 4.79 Å². The van der Waals surface area contributed by atoms with Gasteiger partial charge in [0.1, 0.15) is 0 Å². The van der Waals surface area contributed by atoms with Crippen LogP contribution >= 0.6 is 0 Å². The average Bonchev–Trinajstić information content (AvgIpc) is 2.78. The summed E-state index contributed by atoms with van der Waals surface area (Å²) in [6, 6.07) is 9.45. The maximum absolute atomic E-state index is 11.0. The molecular formula is C13H9N3O. The number of para-hydroxylation sites is 1. The largest absolute Gasteiger partial charge is 0.298 e. The van der Waals surface area contributed by atoms with Crippen molar-refractivity contribution in [3.05, 3.63) is 54.5 Å². The van der Waals surface area contributed by atoms with Crippen LogP contribution in [0.4, 0.5) is 0 Å². The van der Waals surface area contributed by atoms with E-state index in [4.69, 9.17) is 0 Å². The van der Waals surface area contributed by atoms with E-state index in [0.717, 1.165) is 17.2 Å². The number of benzene rings is 1. The van der Waals surface area contributed by atoms with Gasteiger partial charge in [-0.25, -0.2) is 9.97 Å². The van der Waals surface area contributed by atoms with Crippen LogP contribution in [0.5, 0.6) is 0 Å². The fourth-order valence-corrected chi connectivity index (χ4v) is 1.88. The molecule has 0 saturated carbocycles. The van der Waals surface area contributed by atoms with E-state index in [0.29, 0.717) is 11.5 Å². The molecule has 0 saturated heterocycles. The first kappa shape index (κ1) is 9.72. The molecule has 3 rings (SSSR count). The minimum atomic E-state index is 0.566. The van der Waals surface area contributed by atoms with Gasteiger partial charge in [0.15, 0.2) is 6.29 Å². The van der Waals surface area contributed by atoms with Crippen LogP contribution in [0.3, 0.4) is 0 Å². The highest BCUT2D eigenvalue weighted by molar-refractivity contribution is 5.98. The van der Waals surface area contributed by atoms with E-state index < -0.39 is 0 Å². The second kappa shape index (κ2) is 3.83. The highest BCUT2D eigenvalue weighted by atomic mass is 16.1. The van der Waals surface area contributed by atoms with Gasteiger partial charge in [-0.05, 0) is 12.1 Å². The molecule has 82 valence electrons. The van der Waals surface area contributed by atoms with Gasteiger partial charge in [-0.15, -0.1) is 0 Å². The third-order valence-electron chi connectivity index (χ3n) is 2.64. The molecule has 0 unspecified atom stereocenters. The van der Waals surface area contributed by atoms with Crippen molar-refractivity contribution >= 4 is 17.2 Å². The fourth-order valence-electron chi connectivity index (χ4n) is 1.88. The minimum absolute atomic E-state index is 0.566. The number of aromatic nitrogens is 3. The second-order valence-corrected chi connectivity index (χ2v) is 3.64. The molecule has 4 heteroatoms. The van der Waals surface area contributed by atoms with Crippen molar-refractivity contribution in [2.45, 2.75) is 0 Å². The number of nitrogens with zero attached hydrogens (tertiary/aromatic N) is 3. The monoisotopic (exact) mass is 223 g/mol. The van der Waals surface area contributed by atoms with Gasteiger partial charge < -0.3 is 0 Å². The molecule has 17 heavy (non-hydrogen) atoms. The van der Waals surface area contributed by atoms with E-state index in [1.165, 1.54) is 0 Å². The van der Waals surface area contributed by atoms with E-state index >= 15 is 0 Å². The summed E-state index contributed by atoms with van der Waals surface area (Å²) in [6.45, 7) is 0. The summed E-state index contributed by atoms with van der Waals surface area (Å²) >= 11 is 0. The van der Waals surface area contributed by atoms with Gasteiger partial charge in [-0.2, -0.15) is 0 Å². The zero-order chi connectivity index (χ0) is 11.7. The van der Waals surface area contributed by atoms with Gasteiger partial charge in [0.25, 0.3) is 0 Å². The molecule has 0 spiro atoms. The van der Waals surface area contributed by atoms with Crippen LogP contribution in [0.2, 0.25) is 0 Å². The van der Waals surface area contributed by atoms with Crippen LogP contribution in [0.25, 0.3) is 16.9 Å². The summed E-state index contributed by atoms with van der Waals surface area (Å²) in [6.07, 6.45) is 5.96. The van der Waals surface area contributed by atoms with Crippen molar-refractivity contribution in [1.29, 1.82) is 0 Å². The number of aldehydes is 1. The molecule has 0 bridgehead atoms. The van der Waals surface area contributed by atoms with Gasteiger partial charge >= 0.3 is 0 Å². The lowest BCUT2D eigenvalue weighted by Gasteiger charge is -2.01. The third kappa shape index (κ3) is 1.50. The molecule has 1 aromatic carbocycles. The quantitative estimate of drug-likeness (QED) is 0.626. The summed E-state index contributed by atoms with van der Waals surface area (Å²) in [5.41, 5.74) is 1.58. The Hall–Kier alpha value is -2.49. The molecule has 0 atom stereocenters. The smallest absolute Gasteiger partial charge is 0.234 e. The van der Waals surface area contributed by atoms with E-state index in [1.807, 2.05) is 28.8 Å². The standard InChI is InChI=1S/C13H9N3O/c17-9-10-8-16(13-14-6-3-7-15-13)12-5-2-1-4-11(10)12/h1-9H. The van der Waals surface area contributed by atoms with Crippen molar-refractivity contribution in [3.63, 3.8) is 0 Å². The lowest BCUT2D eigenvalue weighted by atomic mass is 10.2. The van der Waals surface area contributed by atoms with Gasteiger partial charge in [0.05, 0.1) is 5.52 Å². The van der Waals surface area contributed by atoms with Crippen LogP contribution in [-0.2, 0) is 0 Å². The average molecular weight is 223 g/mol. The highest BCUT2D eigenvalue weighted by Crippen LogP contribution is 2.21. The first-order chi connectivity index (χ1) is 8.40. The zero-order valence-corrected chi connectivity index (χ0v) is 8.95. The predicted octanol–water partition coefficient (Wildman–Crippen LogP) is 2.23. The third-order valence-corrected chi connectivity index (χ3v) is 2.64. The Bertz CT molecular complexity index is 673. The first-order valence-corrected chi connectivity index (χ1v) is 5.23. The number of rotatable bonds is 2. The van der Waals surface area contributed by atoms with Crippen LogP contribution < -0.4 is 0 Å². The minimum Gasteiger partial charge on any atom is -0.298 e. The topological polar surface area (TPSA) is 47.8 Å². The lowest BCUT2D eigenvalue weighted by Crippen LogP contribution is -1.97.